The Morgan fingerprint density at radius 3 is 2.79 bits per heavy atom. The molecule has 13 heteroatoms. The van der Waals surface area contributed by atoms with E-state index in [0.717, 1.165) is 0 Å². The molecule has 2 aromatic rings. The van der Waals surface area contributed by atoms with Crippen LogP contribution in [0.25, 0.3) is 11.2 Å². The molecular weight excluding hydrogens is 343 g/mol. The third-order valence-corrected chi connectivity index (χ3v) is 4.11. The molecule has 12 nitrogen and oxygen atoms in total. The van der Waals surface area contributed by atoms with Crippen LogP contribution in [-0.2, 0) is 18.6 Å². The van der Waals surface area contributed by atoms with E-state index in [1.165, 1.54) is 18.0 Å². The molecule has 0 radical (unpaired) electrons. The number of rotatable bonds is 5. The lowest BCUT2D eigenvalue weighted by Crippen LogP contribution is -2.36. The van der Waals surface area contributed by atoms with Gasteiger partial charge in [-0.1, -0.05) is 0 Å². The number of hydrogen-bond acceptors (Lipinski definition) is 10. The Morgan fingerprint density at radius 1 is 1.42 bits per heavy atom. The van der Waals surface area contributed by atoms with Crippen molar-refractivity contribution >= 4 is 31.2 Å². The standard InChI is InChI=1S/C11H15N6O6P/c1-21-7-6(23-24(19)20)4(2-18)22-10(7)17-3-14-5-8(12)15-11(13)16-9(5)17/h3-4,6-7,10,18H,2H2,1H3,(H4-,12,13,15,16,19,20)/p+1/t4-,6+,7?,10-/m1/s1. The average molecular weight is 359 g/mol. The molecule has 1 saturated heterocycles. The van der Waals surface area contributed by atoms with Crippen LogP contribution >= 0.6 is 8.25 Å². The Labute approximate surface area is 136 Å². The Balaban J connectivity index is 2.03. The minimum absolute atomic E-state index is 0.0429. The van der Waals surface area contributed by atoms with Gasteiger partial charge >= 0.3 is 8.25 Å². The molecule has 0 saturated carbocycles. The maximum Gasteiger partial charge on any atom is 0.695 e. The van der Waals surface area contributed by atoms with Gasteiger partial charge in [-0.25, -0.2) is 4.98 Å². The fourth-order valence-corrected chi connectivity index (χ4v) is 3.17. The normalized spacial score (nSPS) is 27.7. The van der Waals surface area contributed by atoms with Crippen molar-refractivity contribution in [3.05, 3.63) is 6.33 Å². The number of nitrogen functional groups attached to an aromatic ring is 2. The predicted molar refractivity (Wildman–Crippen MR) is 80.6 cm³/mol. The lowest BCUT2D eigenvalue weighted by atomic mass is 10.1. The second kappa shape index (κ2) is 6.51. The highest BCUT2D eigenvalue weighted by atomic mass is 31.1. The van der Waals surface area contributed by atoms with Crippen molar-refractivity contribution in [1.29, 1.82) is 0 Å². The minimum atomic E-state index is -2.91. The van der Waals surface area contributed by atoms with Gasteiger partial charge < -0.3 is 26.0 Å². The van der Waals surface area contributed by atoms with Crippen LogP contribution in [0.4, 0.5) is 11.8 Å². The molecule has 0 aliphatic carbocycles. The van der Waals surface area contributed by atoms with Gasteiger partial charge in [0.1, 0.15) is 17.7 Å². The summed E-state index contributed by atoms with van der Waals surface area (Å²) in [5.41, 5.74) is 12.0. The van der Waals surface area contributed by atoms with Gasteiger partial charge in [-0.3, -0.25) is 4.57 Å². The molecule has 1 aliphatic heterocycles. The highest BCUT2D eigenvalue weighted by Crippen LogP contribution is 2.38. The second-order valence-corrected chi connectivity index (χ2v) is 5.73. The Kier molecular flexibility index (Phi) is 4.58. The summed E-state index contributed by atoms with van der Waals surface area (Å²) < 4.78 is 28.5. The predicted octanol–water partition coefficient (Wildman–Crippen LogP) is -1.07. The number of methoxy groups -OCH3 is 1. The molecule has 0 amide bonds. The Morgan fingerprint density at radius 2 is 2.17 bits per heavy atom. The number of fused-ring (bicyclic) bond motifs is 1. The molecule has 0 bridgehead atoms. The highest BCUT2D eigenvalue weighted by molar-refractivity contribution is 7.32. The molecule has 3 heterocycles. The van der Waals surface area contributed by atoms with E-state index in [4.69, 9.17) is 30.4 Å². The summed E-state index contributed by atoms with van der Waals surface area (Å²) in [6.07, 6.45) is -2.07. The first-order valence-corrected chi connectivity index (χ1v) is 7.96. The van der Waals surface area contributed by atoms with Crippen molar-refractivity contribution in [2.75, 3.05) is 25.2 Å². The first-order valence-electron chi connectivity index (χ1n) is 6.83. The summed E-state index contributed by atoms with van der Waals surface area (Å²) >= 11 is 0. The molecule has 0 aromatic carbocycles. The molecule has 3 rings (SSSR count). The average Bonchev–Trinajstić information content (AvgIpc) is 3.07. The topological polar surface area (TPSA) is 181 Å². The second-order valence-electron chi connectivity index (χ2n) is 5.05. The minimum Gasteiger partial charge on any atom is -0.394 e. The number of aliphatic hydroxyl groups excluding tert-OH is 1. The zero-order valence-corrected chi connectivity index (χ0v) is 13.4. The molecule has 1 fully saturated rings. The van der Waals surface area contributed by atoms with Crippen LogP contribution in [0, 0.1) is 0 Å². The smallest absolute Gasteiger partial charge is 0.394 e. The van der Waals surface area contributed by atoms with Crippen LogP contribution < -0.4 is 11.5 Å². The van der Waals surface area contributed by atoms with Crippen LogP contribution in [-0.4, -0.2) is 61.5 Å². The SMILES string of the molecule is COC1[C@@H](O[P+](=O)O)[C@@H](CO)O[C@H]1n1cnc2c(N)nc(N)nc21. The summed E-state index contributed by atoms with van der Waals surface area (Å²) in [5.74, 6) is 0.0619. The van der Waals surface area contributed by atoms with Crippen LogP contribution in [0.1, 0.15) is 6.23 Å². The monoisotopic (exact) mass is 359 g/mol. The zero-order valence-electron chi connectivity index (χ0n) is 12.5. The van der Waals surface area contributed by atoms with Gasteiger partial charge in [0, 0.05) is 11.7 Å². The maximum absolute atomic E-state index is 11.0. The van der Waals surface area contributed by atoms with Crippen molar-refractivity contribution in [3.63, 3.8) is 0 Å². The molecule has 6 N–H and O–H groups in total. The zero-order chi connectivity index (χ0) is 17.4. The number of hydrogen-bond donors (Lipinski definition) is 4. The molecular formula is C11H16N6O6P+. The van der Waals surface area contributed by atoms with Gasteiger partial charge in [0.25, 0.3) is 0 Å². The highest BCUT2D eigenvalue weighted by Gasteiger charge is 2.51. The van der Waals surface area contributed by atoms with E-state index >= 15 is 0 Å². The number of nitrogens with two attached hydrogens (primary N) is 2. The largest absolute Gasteiger partial charge is 0.695 e. The number of ether oxygens (including phenoxy) is 2. The van der Waals surface area contributed by atoms with Crippen molar-refractivity contribution in [2.24, 2.45) is 0 Å². The fraction of sp³-hybridized carbons (Fsp3) is 0.545. The summed E-state index contributed by atoms with van der Waals surface area (Å²) in [6.45, 7) is -0.434. The first kappa shape index (κ1) is 16.9. The molecule has 24 heavy (non-hydrogen) atoms. The van der Waals surface area contributed by atoms with Gasteiger partial charge in [0.2, 0.25) is 5.95 Å². The van der Waals surface area contributed by atoms with Crippen LogP contribution in [0.3, 0.4) is 0 Å². The number of nitrogens with zero attached hydrogens (tertiary/aromatic N) is 4. The molecule has 5 atom stereocenters. The third-order valence-electron chi connectivity index (χ3n) is 3.69. The van der Waals surface area contributed by atoms with E-state index in [2.05, 4.69) is 15.0 Å². The lowest BCUT2D eigenvalue weighted by Gasteiger charge is -2.19. The number of aliphatic hydroxyl groups is 1. The van der Waals surface area contributed by atoms with E-state index in [1.54, 1.807) is 0 Å². The Bertz CT molecular complexity index is 771. The number of anilines is 2. The lowest BCUT2D eigenvalue weighted by molar-refractivity contribution is -0.0583. The summed E-state index contributed by atoms with van der Waals surface area (Å²) in [6, 6.07) is 0. The quantitative estimate of drug-likeness (QED) is 0.477. The van der Waals surface area contributed by atoms with Gasteiger partial charge in [-0.15, -0.1) is 9.42 Å². The Hall–Kier alpha value is -1.95. The summed E-state index contributed by atoms with van der Waals surface area (Å²) in [5, 5.41) is 9.45. The van der Waals surface area contributed by atoms with Gasteiger partial charge in [0.05, 0.1) is 12.9 Å². The molecule has 0 spiro atoms. The van der Waals surface area contributed by atoms with E-state index in [0.29, 0.717) is 11.2 Å². The van der Waals surface area contributed by atoms with Crippen molar-refractivity contribution < 1.29 is 28.6 Å². The van der Waals surface area contributed by atoms with Crippen LogP contribution in [0.2, 0.25) is 0 Å². The van der Waals surface area contributed by atoms with E-state index < -0.39 is 39.4 Å². The van der Waals surface area contributed by atoms with Crippen molar-refractivity contribution in [3.8, 4) is 0 Å². The van der Waals surface area contributed by atoms with E-state index in [9.17, 15) is 9.67 Å². The molecule has 2 unspecified atom stereocenters. The summed E-state index contributed by atoms with van der Waals surface area (Å²) in [4.78, 5) is 21.1. The van der Waals surface area contributed by atoms with Crippen molar-refractivity contribution in [2.45, 2.75) is 24.5 Å². The van der Waals surface area contributed by atoms with Gasteiger partial charge in [0.15, 0.2) is 23.8 Å². The molecule has 1 aliphatic rings. The fourth-order valence-electron chi connectivity index (χ4n) is 2.70. The number of aromatic nitrogens is 4. The van der Waals surface area contributed by atoms with E-state index in [1.807, 2.05) is 0 Å². The summed E-state index contributed by atoms with van der Waals surface area (Å²) in [7, 11) is -1.52. The van der Waals surface area contributed by atoms with Crippen molar-refractivity contribution in [1.82, 2.24) is 19.5 Å². The van der Waals surface area contributed by atoms with E-state index in [-0.39, 0.29) is 11.8 Å². The molecule has 130 valence electrons. The van der Waals surface area contributed by atoms with Crippen LogP contribution in [0.15, 0.2) is 6.33 Å². The number of imidazole rings is 1. The third kappa shape index (κ3) is 2.79. The molecule has 2 aromatic heterocycles. The maximum atomic E-state index is 11.0. The van der Waals surface area contributed by atoms with Crippen LogP contribution in [0.5, 0.6) is 0 Å². The van der Waals surface area contributed by atoms with Gasteiger partial charge in [-0.05, 0) is 0 Å². The van der Waals surface area contributed by atoms with Gasteiger partial charge in [-0.2, -0.15) is 9.97 Å². The first-order chi connectivity index (χ1) is 11.5.